The fourth-order valence-corrected chi connectivity index (χ4v) is 2.65. The van der Waals surface area contributed by atoms with Crippen LogP contribution in [0.5, 0.6) is 0 Å². The number of nitrogens with two attached hydrogens (primary N) is 1. The van der Waals surface area contributed by atoms with Gasteiger partial charge >= 0.3 is 10.0 Å². The Morgan fingerprint density at radius 2 is 1.70 bits per heavy atom. The van der Waals surface area contributed by atoms with Crippen LogP contribution in [0.25, 0.3) is 0 Å². The lowest BCUT2D eigenvalue weighted by Gasteiger charge is -2.00. The maximum absolute atomic E-state index is 13.5. The summed E-state index contributed by atoms with van der Waals surface area (Å²) in [7, 11) is -4.21. The van der Waals surface area contributed by atoms with E-state index in [0.29, 0.717) is 11.6 Å². The van der Waals surface area contributed by atoms with Crippen LogP contribution in [0.1, 0.15) is 5.56 Å². The normalized spacial score (nSPS) is 12.4. The molecule has 0 bridgehead atoms. The van der Waals surface area contributed by atoms with E-state index in [9.17, 15) is 17.2 Å². The van der Waals surface area contributed by atoms with Gasteiger partial charge in [-0.15, -0.1) is 0 Å². The fraction of sp³-hybridized carbons (Fsp3) is 0. The summed E-state index contributed by atoms with van der Waals surface area (Å²) in [6, 6.07) is 10.5. The van der Waals surface area contributed by atoms with Gasteiger partial charge in [-0.2, -0.15) is 12.8 Å². The second-order valence-electron chi connectivity index (χ2n) is 3.96. The van der Waals surface area contributed by atoms with Gasteiger partial charge in [-0.25, -0.2) is 8.78 Å². The number of amidine groups is 1. The third-order valence-electron chi connectivity index (χ3n) is 2.51. The SMILES string of the molecule is NC(=[NH+]S(=O)(=O)c1ccc(F)cc1F)c1ccccc1. The lowest BCUT2D eigenvalue weighted by atomic mass is 10.2. The predicted molar refractivity (Wildman–Crippen MR) is 69.2 cm³/mol. The number of halogens is 2. The molecule has 2 rings (SSSR count). The summed E-state index contributed by atoms with van der Waals surface area (Å²) in [4.78, 5) is -0.669. The van der Waals surface area contributed by atoms with E-state index in [1.165, 1.54) is 0 Å². The topological polar surface area (TPSA) is 74.1 Å². The van der Waals surface area contributed by atoms with Crippen LogP contribution in [0.4, 0.5) is 8.78 Å². The van der Waals surface area contributed by atoms with Crippen LogP contribution < -0.4 is 10.1 Å². The molecule has 0 atom stereocenters. The minimum absolute atomic E-state index is 0.144. The van der Waals surface area contributed by atoms with Crippen molar-refractivity contribution in [2.45, 2.75) is 4.90 Å². The summed E-state index contributed by atoms with van der Waals surface area (Å²) in [6.07, 6.45) is 0. The Hall–Kier alpha value is -2.28. The molecule has 4 nitrogen and oxygen atoms in total. The predicted octanol–water partition coefficient (Wildman–Crippen LogP) is 0.140. The quantitative estimate of drug-likeness (QED) is 0.625. The molecular weight excluding hydrogens is 286 g/mol. The van der Waals surface area contributed by atoms with E-state index in [-0.39, 0.29) is 5.84 Å². The van der Waals surface area contributed by atoms with E-state index >= 15 is 0 Å². The Kier molecular flexibility index (Phi) is 3.80. The lowest BCUT2D eigenvalue weighted by Crippen LogP contribution is -2.79. The molecular formula is C13H11F2N2O2S+. The Balaban J connectivity index is 2.46. The molecule has 0 aliphatic carbocycles. The smallest absolute Gasteiger partial charge is 0.286 e. The first-order chi connectivity index (χ1) is 9.40. The van der Waals surface area contributed by atoms with Gasteiger partial charge in [0.2, 0.25) is 0 Å². The molecule has 0 fully saturated rings. The third-order valence-corrected chi connectivity index (χ3v) is 3.91. The average Bonchev–Trinajstić information content (AvgIpc) is 2.38. The van der Waals surface area contributed by atoms with Gasteiger partial charge in [0.1, 0.15) is 16.5 Å². The minimum Gasteiger partial charge on any atom is -0.286 e. The molecule has 2 aromatic carbocycles. The van der Waals surface area contributed by atoms with Gasteiger partial charge < -0.3 is 0 Å². The highest BCUT2D eigenvalue weighted by atomic mass is 32.2. The number of nitrogen functional groups attached to an aromatic ring is 1. The maximum atomic E-state index is 13.5. The highest BCUT2D eigenvalue weighted by molar-refractivity contribution is 7.84. The lowest BCUT2D eigenvalue weighted by molar-refractivity contribution is -0.268. The van der Waals surface area contributed by atoms with Crippen LogP contribution in [-0.2, 0) is 10.0 Å². The number of benzene rings is 2. The first kappa shape index (κ1) is 14.1. The summed E-state index contributed by atoms with van der Waals surface area (Å²) in [5, 5.41) is 0. The Bertz CT molecular complexity index is 759. The highest BCUT2D eigenvalue weighted by Crippen LogP contribution is 2.12. The first-order valence-corrected chi connectivity index (χ1v) is 7.04. The Labute approximate surface area is 114 Å². The molecule has 0 saturated carbocycles. The molecule has 0 spiro atoms. The zero-order valence-electron chi connectivity index (χ0n) is 10.2. The highest BCUT2D eigenvalue weighted by Gasteiger charge is 2.22. The van der Waals surface area contributed by atoms with Crippen molar-refractivity contribution in [1.29, 1.82) is 0 Å². The molecule has 0 amide bonds. The zero-order valence-corrected chi connectivity index (χ0v) is 11.0. The molecule has 3 N–H and O–H groups in total. The standard InChI is InChI=1S/C13H10F2N2O2S/c14-10-6-7-12(11(15)8-10)20(18,19)17-13(16)9-4-2-1-3-5-9/h1-8H,(H2,16,17)/p+1. The molecule has 0 unspecified atom stereocenters. The van der Waals surface area contributed by atoms with E-state index < -0.39 is 26.6 Å². The van der Waals surface area contributed by atoms with Crippen LogP contribution in [0, 0.1) is 11.6 Å². The van der Waals surface area contributed by atoms with Crippen LogP contribution >= 0.6 is 0 Å². The molecule has 0 aromatic heterocycles. The van der Waals surface area contributed by atoms with Crippen molar-refractivity contribution in [2.24, 2.45) is 5.73 Å². The Morgan fingerprint density at radius 1 is 1.05 bits per heavy atom. The van der Waals surface area contributed by atoms with Crippen molar-refractivity contribution in [3.8, 4) is 0 Å². The molecule has 20 heavy (non-hydrogen) atoms. The van der Waals surface area contributed by atoms with Crippen LogP contribution in [0.15, 0.2) is 53.4 Å². The summed E-state index contributed by atoms with van der Waals surface area (Å²) < 4.78 is 52.3. The van der Waals surface area contributed by atoms with Crippen molar-refractivity contribution in [2.75, 3.05) is 0 Å². The van der Waals surface area contributed by atoms with Gasteiger partial charge in [-0.3, -0.25) is 5.73 Å². The van der Waals surface area contributed by atoms with Gasteiger partial charge in [0, 0.05) is 6.07 Å². The first-order valence-electron chi connectivity index (χ1n) is 5.56. The largest absolute Gasteiger partial charge is 0.331 e. The molecule has 0 aliphatic heterocycles. The molecule has 0 aliphatic rings. The average molecular weight is 297 g/mol. The maximum Gasteiger partial charge on any atom is 0.331 e. The molecule has 7 heteroatoms. The number of rotatable bonds is 3. The molecule has 2 aromatic rings. The fourth-order valence-electron chi connectivity index (χ4n) is 1.57. The molecule has 104 valence electrons. The second kappa shape index (κ2) is 5.38. The summed E-state index contributed by atoms with van der Waals surface area (Å²) in [6.45, 7) is 0. The molecule has 0 radical (unpaired) electrons. The van der Waals surface area contributed by atoms with Gasteiger partial charge in [0.25, 0.3) is 5.84 Å². The van der Waals surface area contributed by atoms with Gasteiger partial charge in [-0.1, -0.05) is 18.2 Å². The number of nitrogens with one attached hydrogen (secondary N) is 1. The summed E-state index contributed by atoms with van der Waals surface area (Å²) in [5.74, 6) is -2.19. The number of hydrogen-bond donors (Lipinski definition) is 2. The van der Waals surface area contributed by atoms with Gasteiger partial charge in [0.05, 0.1) is 5.56 Å². The number of sulfonamides is 1. The summed E-state index contributed by atoms with van der Waals surface area (Å²) in [5.41, 5.74) is 6.07. The molecule has 0 heterocycles. The van der Waals surface area contributed by atoms with E-state index in [1.54, 1.807) is 30.3 Å². The van der Waals surface area contributed by atoms with Crippen molar-refractivity contribution in [1.82, 2.24) is 0 Å². The zero-order chi connectivity index (χ0) is 14.8. The van der Waals surface area contributed by atoms with Crippen LogP contribution in [-0.4, -0.2) is 14.3 Å². The monoisotopic (exact) mass is 297 g/mol. The molecule has 0 saturated heterocycles. The summed E-state index contributed by atoms with van der Waals surface area (Å²) >= 11 is 0. The van der Waals surface area contributed by atoms with E-state index in [4.69, 9.17) is 5.73 Å². The Morgan fingerprint density at radius 3 is 2.30 bits per heavy atom. The third kappa shape index (κ3) is 3.00. The van der Waals surface area contributed by atoms with Gasteiger partial charge in [0.15, 0.2) is 0 Å². The van der Waals surface area contributed by atoms with Crippen molar-refractivity contribution < 1.29 is 21.6 Å². The van der Waals surface area contributed by atoms with Crippen LogP contribution in [0.3, 0.4) is 0 Å². The van der Waals surface area contributed by atoms with Gasteiger partial charge in [-0.05, 0) is 24.3 Å². The van der Waals surface area contributed by atoms with Crippen LogP contribution in [0.2, 0.25) is 0 Å². The second-order valence-corrected chi connectivity index (χ2v) is 5.61. The van der Waals surface area contributed by atoms with E-state index in [0.717, 1.165) is 12.1 Å². The number of hydrogen-bond acceptors (Lipinski definition) is 2. The van der Waals surface area contributed by atoms with Crippen molar-refractivity contribution >= 4 is 15.9 Å². The van der Waals surface area contributed by atoms with E-state index in [1.807, 2.05) is 0 Å². The minimum atomic E-state index is -4.21. The van der Waals surface area contributed by atoms with Crippen molar-refractivity contribution in [3.63, 3.8) is 0 Å². The van der Waals surface area contributed by atoms with Crippen molar-refractivity contribution in [3.05, 3.63) is 65.7 Å². The van der Waals surface area contributed by atoms with E-state index in [2.05, 4.69) is 4.40 Å².